The Morgan fingerprint density at radius 1 is 0.909 bits per heavy atom. The molecular weight excluding hydrogens is 414 g/mol. The molecular formula is C26H29N5O2. The summed E-state index contributed by atoms with van der Waals surface area (Å²) in [6, 6.07) is 19.9. The average Bonchev–Trinajstić information content (AvgIpc) is 3.22. The topological polar surface area (TPSA) is 81.4 Å². The van der Waals surface area contributed by atoms with Crippen molar-refractivity contribution < 1.29 is 9.59 Å². The van der Waals surface area contributed by atoms with Crippen LogP contribution in [0.5, 0.6) is 0 Å². The van der Waals surface area contributed by atoms with Crippen LogP contribution in [0.25, 0.3) is 10.9 Å². The molecule has 2 heterocycles. The normalized spacial score (nSPS) is 14.8. The average molecular weight is 444 g/mol. The van der Waals surface area contributed by atoms with E-state index in [0.717, 1.165) is 42.6 Å². The number of nitrogens with zero attached hydrogens (tertiary/aromatic N) is 4. The Kier molecular flexibility index (Phi) is 7.51. The van der Waals surface area contributed by atoms with Gasteiger partial charge < -0.3 is 9.88 Å². The Morgan fingerprint density at radius 2 is 1.58 bits per heavy atom. The molecule has 1 aromatic heterocycles. The zero-order valence-corrected chi connectivity index (χ0v) is 18.7. The summed E-state index contributed by atoms with van der Waals surface area (Å²) in [6.07, 6.45) is 2.30. The van der Waals surface area contributed by atoms with Crippen molar-refractivity contribution in [2.75, 3.05) is 39.3 Å². The van der Waals surface area contributed by atoms with Crippen LogP contribution in [-0.4, -0.2) is 65.3 Å². The molecule has 0 unspecified atom stereocenters. The third kappa shape index (κ3) is 5.86. The molecule has 7 nitrogen and oxygen atoms in total. The van der Waals surface area contributed by atoms with E-state index in [9.17, 15) is 9.59 Å². The minimum atomic E-state index is 0.0218. The van der Waals surface area contributed by atoms with Crippen LogP contribution >= 0.6 is 0 Å². The SMILES string of the molecule is N#CCCn1cc(C(=O)CN2CCN(CC(=O)NCc3ccccc3)CC2)c2ccccc21. The maximum atomic E-state index is 13.1. The summed E-state index contributed by atoms with van der Waals surface area (Å²) in [5, 5.41) is 12.8. The quantitative estimate of drug-likeness (QED) is 0.514. The fraction of sp³-hybridized carbons (Fsp3) is 0.346. The van der Waals surface area contributed by atoms with Crippen LogP contribution in [0.3, 0.4) is 0 Å². The highest BCUT2D eigenvalue weighted by Gasteiger charge is 2.22. The first-order valence-electron chi connectivity index (χ1n) is 11.4. The molecule has 2 aromatic carbocycles. The molecule has 0 saturated carbocycles. The molecule has 1 amide bonds. The van der Waals surface area contributed by atoms with E-state index in [1.54, 1.807) is 0 Å². The van der Waals surface area contributed by atoms with Gasteiger partial charge in [0.25, 0.3) is 0 Å². The van der Waals surface area contributed by atoms with E-state index in [4.69, 9.17) is 5.26 Å². The van der Waals surface area contributed by atoms with Crippen LogP contribution in [0.2, 0.25) is 0 Å². The number of carbonyl (C=O) groups is 2. The van der Waals surface area contributed by atoms with Gasteiger partial charge in [0.05, 0.1) is 25.6 Å². The zero-order chi connectivity index (χ0) is 23.0. The number of hydrogen-bond acceptors (Lipinski definition) is 5. The van der Waals surface area contributed by atoms with Gasteiger partial charge in [-0.25, -0.2) is 0 Å². The summed E-state index contributed by atoms with van der Waals surface area (Å²) < 4.78 is 2.00. The van der Waals surface area contributed by atoms with E-state index in [2.05, 4.69) is 21.2 Å². The van der Waals surface area contributed by atoms with Crippen molar-refractivity contribution >= 4 is 22.6 Å². The molecule has 1 aliphatic rings. The highest BCUT2D eigenvalue weighted by molar-refractivity contribution is 6.09. The largest absolute Gasteiger partial charge is 0.351 e. The number of fused-ring (bicyclic) bond motifs is 1. The first kappa shape index (κ1) is 22.7. The second-order valence-electron chi connectivity index (χ2n) is 8.40. The number of ketones is 1. The van der Waals surface area contributed by atoms with Crippen molar-refractivity contribution in [3.8, 4) is 6.07 Å². The Hall–Kier alpha value is -3.47. The first-order chi connectivity index (χ1) is 16.1. The predicted octanol–water partition coefficient (Wildman–Crippen LogP) is 2.67. The van der Waals surface area contributed by atoms with Gasteiger partial charge in [-0.05, 0) is 11.6 Å². The van der Waals surface area contributed by atoms with E-state index in [1.165, 1.54) is 0 Å². The van der Waals surface area contributed by atoms with Crippen molar-refractivity contribution in [2.24, 2.45) is 0 Å². The van der Waals surface area contributed by atoms with Crippen LogP contribution in [-0.2, 0) is 17.9 Å². The minimum absolute atomic E-state index is 0.0218. The van der Waals surface area contributed by atoms with Gasteiger partial charge in [0.15, 0.2) is 5.78 Å². The van der Waals surface area contributed by atoms with Gasteiger partial charge in [0, 0.05) is 61.9 Å². The van der Waals surface area contributed by atoms with Gasteiger partial charge in [-0.15, -0.1) is 0 Å². The van der Waals surface area contributed by atoms with Crippen LogP contribution < -0.4 is 5.32 Å². The number of benzene rings is 2. The standard InChI is InChI=1S/C26H29N5O2/c27-11-6-12-31-18-23(22-9-4-5-10-24(22)31)25(32)19-29-13-15-30(16-14-29)20-26(33)28-17-21-7-2-1-3-8-21/h1-5,7-10,18H,6,12-17,19-20H2,(H,28,33). The number of aryl methyl sites for hydroxylation is 1. The number of nitriles is 1. The van der Waals surface area contributed by atoms with E-state index >= 15 is 0 Å². The highest BCUT2D eigenvalue weighted by Crippen LogP contribution is 2.22. The first-order valence-corrected chi connectivity index (χ1v) is 11.4. The molecule has 1 N–H and O–H groups in total. The molecule has 1 aliphatic heterocycles. The Bertz CT molecular complexity index is 1140. The molecule has 1 fully saturated rings. The molecule has 0 aliphatic carbocycles. The van der Waals surface area contributed by atoms with Crippen LogP contribution in [0.15, 0.2) is 60.8 Å². The number of rotatable bonds is 9. The van der Waals surface area contributed by atoms with Crippen molar-refractivity contribution in [1.29, 1.82) is 5.26 Å². The van der Waals surface area contributed by atoms with Crippen LogP contribution in [0.4, 0.5) is 0 Å². The van der Waals surface area contributed by atoms with E-state index in [0.29, 0.717) is 38.2 Å². The van der Waals surface area contributed by atoms with Crippen LogP contribution in [0.1, 0.15) is 22.3 Å². The summed E-state index contributed by atoms with van der Waals surface area (Å²) >= 11 is 0. The molecule has 170 valence electrons. The summed E-state index contributed by atoms with van der Waals surface area (Å²) in [5.74, 6) is 0.115. The van der Waals surface area contributed by atoms with Gasteiger partial charge in [0.1, 0.15) is 0 Å². The number of aromatic nitrogens is 1. The number of amides is 1. The molecule has 0 spiro atoms. The Morgan fingerprint density at radius 3 is 2.30 bits per heavy atom. The fourth-order valence-corrected chi connectivity index (χ4v) is 4.27. The molecule has 3 aromatic rings. The van der Waals surface area contributed by atoms with E-state index < -0.39 is 0 Å². The highest BCUT2D eigenvalue weighted by atomic mass is 16.2. The maximum absolute atomic E-state index is 13.1. The lowest BCUT2D eigenvalue weighted by Crippen LogP contribution is -2.50. The maximum Gasteiger partial charge on any atom is 0.234 e. The monoisotopic (exact) mass is 443 g/mol. The molecule has 4 rings (SSSR count). The van der Waals surface area contributed by atoms with Gasteiger partial charge in [-0.1, -0.05) is 48.5 Å². The minimum Gasteiger partial charge on any atom is -0.351 e. The van der Waals surface area contributed by atoms with Crippen molar-refractivity contribution in [2.45, 2.75) is 19.5 Å². The summed E-state index contributed by atoms with van der Waals surface area (Å²) in [6.45, 7) is 4.88. The molecule has 0 radical (unpaired) electrons. The van der Waals surface area contributed by atoms with Crippen molar-refractivity contribution in [1.82, 2.24) is 19.7 Å². The summed E-state index contributed by atoms with van der Waals surface area (Å²) in [4.78, 5) is 29.7. The second kappa shape index (κ2) is 10.9. The lowest BCUT2D eigenvalue weighted by atomic mass is 10.1. The molecule has 33 heavy (non-hydrogen) atoms. The number of piperazine rings is 1. The van der Waals surface area contributed by atoms with E-state index in [-0.39, 0.29) is 11.7 Å². The number of para-hydroxylation sites is 1. The van der Waals surface area contributed by atoms with Gasteiger partial charge in [-0.2, -0.15) is 5.26 Å². The third-order valence-electron chi connectivity index (χ3n) is 6.09. The predicted molar refractivity (Wildman–Crippen MR) is 128 cm³/mol. The molecule has 1 saturated heterocycles. The second-order valence-corrected chi connectivity index (χ2v) is 8.40. The third-order valence-corrected chi connectivity index (χ3v) is 6.09. The van der Waals surface area contributed by atoms with Crippen molar-refractivity contribution in [3.05, 3.63) is 71.9 Å². The number of Topliss-reactive ketones (excluding diaryl/α,β-unsaturated/α-hetero) is 1. The number of carbonyl (C=O) groups excluding carboxylic acids is 2. The lowest BCUT2D eigenvalue weighted by molar-refractivity contribution is -0.122. The van der Waals surface area contributed by atoms with Gasteiger partial charge in [-0.3, -0.25) is 19.4 Å². The Balaban J connectivity index is 1.27. The van der Waals surface area contributed by atoms with Gasteiger partial charge in [0.2, 0.25) is 5.91 Å². The Labute approximate surface area is 194 Å². The van der Waals surface area contributed by atoms with Gasteiger partial charge >= 0.3 is 0 Å². The number of hydrogen-bond donors (Lipinski definition) is 1. The summed E-state index contributed by atoms with van der Waals surface area (Å²) in [5.41, 5.74) is 2.79. The lowest BCUT2D eigenvalue weighted by Gasteiger charge is -2.33. The number of nitrogens with one attached hydrogen (secondary N) is 1. The van der Waals surface area contributed by atoms with E-state index in [1.807, 2.05) is 65.4 Å². The smallest absolute Gasteiger partial charge is 0.234 e. The van der Waals surface area contributed by atoms with Crippen LogP contribution in [0, 0.1) is 11.3 Å². The summed E-state index contributed by atoms with van der Waals surface area (Å²) in [7, 11) is 0. The molecule has 7 heteroatoms. The molecule has 0 bridgehead atoms. The fourth-order valence-electron chi connectivity index (χ4n) is 4.27. The van der Waals surface area contributed by atoms with Crippen molar-refractivity contribution in [3.63, 3.8) is 0 Å². The molecule has 0 atom stereocenters. The zero-order valence-electron chi connectivity index (χ0n) is 18.7.